The van der Waals surface area contributed by atoms with E-state index < -0.39 is 0 Å². The number of aromatic nitrogens is 1. The number of rotatable bonds is 2. The van der Waals surface area contributed by atoms with Crippen LogP contribution in [0.25, 0.3) is 10.2 Å². The lowest BCUT2D eigenvalue weighted by Crippen LogP contribution is -2.46. The Balaban J connectivity index is 1.57. The zero-order chi connectivity index (χ0) is 14.8. The Kier molecular flexibility index (Phi) is 2.87. The van der Waals surface area contributed by atoms with Crippen LogP contribution in [-0.2, 0) is 9.53 Å². The Labute approximate surface area is 137 Å². The molecule has 2 aliphatic carbocycles. The molecule has 5 atom stereocenters. The molecule has 0 saturated heterocycles. The Morgan fingerprint density at radius 2 is 2.23 bits per heavy atom. The minimum Gasteiger partial charge on any atom is -0.466 e. The van der Waals surface area contributed by atoms with Crippen LogP contribution in [0, 0.1) is 17.8 Å². The number of esters is 1. The van der Waals surface area contributed by atoms with E-state index in [9.17, 15) is 4.79 Å². The topological polar surface area (TPSA) is 30.2 Å². The van der Waals surface area contributed by atoms with Gasteiger partial charge in [0.1, 0.15) is 4.70 Å². The molecular weight excluding hydrogens is 314 g/mol. The summed E-state index contributed by atoms with van der Waals surface area (Å²) in [7, 11) is 0. The van der Waals surface area contributed by atoms with Gasteiger partial charge in [0, 0.05) is 12.0 Å². The molecule has 5 rings (SSSR count). The van der Waals surface area contributed by atoms with Crippen molar-refractivity contribution in [2.24, 2.45) is 17.8 Å². The van der Waals surface area contributed by atoms with Crippen LogP contribution in [0.1, 0.15) is 25.8 Å². The molecule has 2 saturated carbocycles. The van der Waals surface area contributed by atoms with Gasteiger partial charge in [0.2, 0.25) is 5.52 Å². The number of nitrogens with zero attached hydrogens (tertiary/aromatic N) is 1. The molecular formula is C17H18NO2S2+. The summed E-state index contributed by atoms with van der Waals surface area (Å²) < 4.78 is 10.7. The van der Waals surface area contributed by atoms with Crippen molar-refractivity contribution in [2.75, 3.05) is 6.61 Å². The van der Waals surface area contributed by atoms with E-state index in [1.165, 1.54) is 21.0 Å². The van der Waals surface area contributed by atoms with Gasteiger partial charge < -0.3 is 4.74 Å². The second-order valence-corrected chi connectivity index (χ2v) is 8.99. The first-order valence-electron chi connectivity index (χ1n) is 8.04. The van der Waals surface area contributed by atoms with Gasteiger partial charge in [-0.2, -0.15) is 4.57 Å². The third-order valence-corrected chi connectivity index (χ3v) is 8.34. The van der Waals surface area contributed by atoms with Gasteiger partial charge >= 0.3 is 5.97 Å². The van der Waals surface area contributed by atoms with Gasteiger partial charge in [0.15, 0.2) is 6.04 Å². The van der Waals surface area contributed by atoms with Crippen LogP contribution in [0.3, 0.4) is 0 Å². The maximum atomic E-state index is 12.3. The lowest BCUT2D eigenvalue weighted by Gasteiger charge is -2.25. The molecule has 3 nitrogen and oxygen atoms in total. The number of carbonyl (C=O) groups is 1. The van der Waals surface area contributed by atoms with Gasteiger partial charge in [-0.3, -0.25) is 4.79 Å². The molecule has 2 heterocycles. The van der Waals surface area contributed by atoms with Gasteiger partial charge in [-0.1, -0.05) is 23.5 Å². The summed E-state index contributed by atoms with van der Waals surface area (Å²) in [6.07, 6.45) is 2.23. The largest absolute Gasteiger partial charge is 0.466 e. The Morgan fingerprint density at radius 1 is 1.36 bits per heavy atom. The molecule has 3 aliphatic rings. The Bertz CT molecular complexity index is 771. The SMILES string of the molecule is CCOC(=O)[C@@H]1C[C@@H]2C[C@@H]1[C@@H]1[C@@H]2Sc2sc3ccccc3[n+]21. The third-order valence-electron chi connectivity index (χ3n) is 5.53. The highest BCUT2D eigenvalue weighted by Gasteiger charge is 2.64. The van der Waals surface area contributed by atoms with Crippen molar-refractivity contribution in [1.29, 1.82) is 0 Å². The molecule has 1 aromatic heterocycles. The molecule has 2 aromatic rings. The van der Waals surface area contributed by atoms with Crippen LogP contribution in [-0.4, -0.2) is 17.8 Å². The number of fused-ring (bicyclic) bond motifs is 9. The van der Waals surface area contributed by atoms with Crippen LogP contribution < -0.4 is 4.57 Å². The first-order chi connectivity index (χ1) is 10.8. The molecule has 1 aliphatic heterocycles. The van der Waals surface area contributed by atoms with E-state index in [2.05, 4.69) is 40.6 Å². The second-order valence-electron chi connectivity index (χ2n) is 6.53. The highest BCUT2D eigenvalue weighted by Crippen LogP contribution is 2.61. The number of thiazole rings is 1. The van der Waals surface area contributed by atoms with Crippen LogP contribution >= 0.6 is 23.1 Å². The number of thioether (sulfide) groups is 1. The van der Waals surface area contributed by atoms with Crippen molar-refractivity contribution in [1.82, 2.24) is 0 Å². The average Bonchev–Trinajstić information content (AvgIpc) is 3.23. The number of hydrogen-bond acceptors (Lipinski definition) is 4. The quantitative estimate of drug-likeness (QED) is 0.623. The molecule has 2 bridgehead atoms. The van der Waals surface area contributed by atoms with Gasteiger partial charge in [0.25, 0.3) is 4.34 Å². The zero-order valence-electron chi connectivity index (χ0n) is 12.4. The number of benzene rings is 1. The third kappa shape index (κ3) is 1.64. The molecule has 22 heavy (non-hydrogen) atoms. The van der Waals surface area contributed by atoms with Crippen LogP contribution in [0.15, 0.2) is 28.6 Å². The molecule has 0 spiro atoms. The van der Waals surface area contributed by atoms with E-state index in [1.54, 1.807) is 0 Å². The maximum Gasteiger partial charge on any atom is 0.309 e. The molecule has 0 N–H and O–H groups in total. The van der Waals surface area contributed by atoms with Crippen molar-refractivity contribution >= 4 is 39.3 Å². The lowest BCUT2D eigenvalue weighted by atomic mass is 9.84. The molecule has 0 radical (unpaired) electrons. The van der Waals surface area contributed by atoms with E-state index in [-0.39, 0.29) is 11.9 Å². The van der Waals surface area contributed by atoms with Gasteiger partial charge in [-0.05, 0) is 43.5 Å². The highest BCUT2D eigenvalue weighted by atomic mass is 32.2. The normalized spacial score (nSPS) is 34.9. The first-order valence-corrected chi connectivity index (χ1v) is 9.74. The summed E-state index contributed by atoms with van der Waals surface area (Å²) in [6.45, 7) is 2.40. The second kappa shape index (κ2) is 4.71. The fourth-order valence-electron chi connectivity index (χ4n) is 4.77. The van der Waals surface area contributed by atoms with E-state index in [1.807, 2.05) is 18.3 Å². The van der Waals surface area contributed by atoms with Gasteiger partial charge in [0.05, 0.1) is 17.8 Å². The monoisotopic (exact) mass is 332 g/mol. The van der Waals surface area contributed by atoms with E-state index in [0.29, 0.717) is 29.7 Å². The van der Waals surface area contributed by atoms with E-state index >= 15 is 0 Å². The average molecular weight is 332 g/mol. The van der Waals surface area contributed by atoms with Crippen molar-refractivity contribution in [3.8, 4) is 0 Å². The summed E-state index contributed by atoms with van der Waals surface area (Å²) in [6, 6.07) is 9.15. The molecule has 0 unspecified atom stereocenters. The Hall–Kier alpha value is -1.07. The van der Waals surface area contributed by atoms with Crippen LogP contribution in [0.2, 0.25) is 0 Å². The fraction of sp³-hybridized carbons (Fsp3) is 0.529. The summed E-state index contributed by atoms with van der Waals surface area (Å²) in [4.78, 5) is 12.3. The summed E-state index contributed by atoms with van der Waals surface area (Å²) in [5, 5.41) is 0.673. The lowest BCUT2D eigenvalue weighted by molar-refractivity contribution is -0.727. The van der Waals surface area contributed by atoms with Crippen LogP contribution in [0.5, 0.6) is 0 Å². The fourth-order valence-corrected chi connectivity index (χ4v) is 7.93. The first kappa shape index (κ1) is 13.4. The predicted octanol–water partition coefficient (Wildman–Crippen LogP) is 3.42. The number of hydrogen-bond donors (Lipinski definition) is 0. The number of carbonyl (C=O) groups excluding carboxylic acids is 1. The smallest absolute Gasteiger partial charge is 0.309 e. The minimum atomic E-state index is 0.0343. The standard InChI is InChI=1S/C17H18NO2S2/c1-2-20-16(19)11-8-9-7-10(11)14-15(9)22-17-18(14)12-5-3-4-6-13(12)21-17/h3-6,9-11,14-15H,2,7-8H2,1H3/q+1/t9-,10-,11+,14+,15+/m0/s1. The summed E-state index contributed by atoms with van der Waals surface area (Å²) >= 11 is 3.96. The predicted molar refractivity (Wildman–Crippen MR) is 87.0 cm³/mol. The molecule has 0 amide bonds. The minimum absolute atomic E-state index is 0.0343. The maximum absolute atomic E-state index is 12.3. The summed E-state index contributed by atoms with van der Waals surface area (Å²) in [5.74, 6) is 1.29. The van der Waals surface area contributed by atoms with E-state index in [0.717, 1.165) is 6.42 Å². The molecule has 2 fully saturated rings. The van der Waals surface area contributed by atoms with Gasteiger partial charge in [-0.15, -0.1) is 0 Å². The van der Waals surface area contributed by atoms with Crippen molar-refractivity contribution < 1.29 is 14.1 Å². The van der Waals surface area contributed by atoms with Crippen LogP contribution in [0.4, 0.5) is 0 Å². The summed E-state index contributed by atoms with van der Waals surface area (Å²) in [5.41, 5.74) is 1.35. The zero-order valence-corrected chi connectivity index (χ0v) is 14.0. The van der Waals surface area contributed by atoms with E-state index in [4.69, 9.17) is 4.74 Å². The number of ether oxygens (including phenoxy) is 1. The molecule has 114 valence electrons. The molecule has 1 aromatic carbocycles. The Morgan fingerprint density at radius 3 is 3.09 bits per heavy atom. The number of para-hydroxylation sites is 1. The van der Waals surface area contributed by atoms with Gasteiger partial charge in [-0.25, -0.2) is 0 Å². The van der Waals surface area contributed by atoms with Crippen molar-refractivity contribution in [3.05, 3.63) is 24.3 Å². The van der Waals surface area contributed by atoms with Crippen molar-refractivity contribution in [2.45, 2.75) is 35.4 Å². The molecule has 5 heteroatoms. The highest BCUT2D eigenvalue weighted by molar-refractivity contribution is 8.01. The van der Waals surface area contributed by atoms with Crippen molar-refractivity contribution in [3.63, 3.8) is 0 Å².